The number of nitrogens with zero attached hydrogens (tertiary/aromatic N) is 2. The van der Waals surface area contributed by atoms with Crippen molar-refractivity contribution in [1.29, 1.82) is 0 Å². The molecular weight excluding hydrogens is 354 g/mol. The smallest absolute Gasteiger partial charge is 0.289 e. The lowest BCUT2D eigenvalue weighted by atomic mass is 10.2. The number of nitrogens with one attached hydrogen (secondary N) is 1. The van der Waals surface area contributed by atoms with Gasteiger partial charge in [0.15, 0.2) is 5.76 Å². The van der Waals surface area contributed by atoms with E-state index in [-0.39, 0.29) is 5.91 Å². The maximum atomic E-state index is 12.7. The van der Waals surface area contributed by atoms with Crippen molar-refractivity contribution in [3.05, 3.63) is 84.1 Å². The summed E-state index contributed by atoms with van der Waals surface area (Å²) in [5.74, 6) is 1.76. The summed E-state index contributed by atoms with van der Waals surface area (Å²) < 4.78 is 11.4. The predicted octanol–water partition coefficient (Wildman–Crippen LogP) is 1.79. The summed E-state index contributed by atoms with van der Waals surface area (Å²) >= 11 is 0. The van der Waals surface area contributed by atoms with Crippen LogP contribution >= 0.6 is 0 Å². The standard InChI is InChI=1S/C22H23N3O3/c26-22(21-7-6-20(28-21)17-27-19-4-2-1-3-5-19)25-14-12-24(13-15-25)16-18-8-10-23-11-9-18/h1-11H,12-17H2/p+1. The molecule has 4 rings (SSSR count). The van der Waals surface area contributed by atoms with Crippen molar-refractivity contribution in [2.24, 2.45) is 0 Å². The van der Waals surface area contributed by atoms with Gasteiger partial charge in [-0.05, 0) is 36.4 Å². The first-order chi connectivity index (χ1) is 13.8. The van der Waals surface area contributed by atoms with Crippen molar-refractivity contribution < 1.29 is 18.8 Å². The number of carbonyl (C=O) groups is 1. The summed E-state index contributed by atoms with van der Waals surface area (Å²) in [6, 6.07) is 17.2. The van der Waals surface area contributed by atoms with Gasteiger partial charge in [-0.25, -0.2) is 0 Å². The molecule has 28 heavy (non-hydrogen) atoms. The topological polar surface area (TPSA) is 60.0 Å². The van der Waals surface area contributed by atoms with Crippen molar-refractivity contribution >= 4 is 5.91 Å². The van der Waals surface area contributed by atoms with Gasteiger partial charge in [-0.1, -0.05) is 18.2 Å². The Morgan fingerprint density at radius 3 is 2.54 bits per heavy atom. The lowest BCUT2D eigenvalue weighted by molar-refractivity contribution is -0.917. The Bertz CT molecular complexity index is 888. The average Bonchev–Trinajstić information content (AvgIpc) is 3.23. The molecule has 3 aromatic rings. The summed E-state index contributed by atoms with van der Waals surface area (Å²) in [6.07, 6.45) is 3.65. The molecule has 0 aliphatic carbocycles. The highest BCUT2D eigenvalue weighted by atomic mass is 16.5. The van der Waals surface area contributed by atoms with Gasteiger partial charge in [0.2, 0.25) is 0 Å². The molecule has 1 fully saturated rings. The highest BCUT2D eigenvalue weighted by Crippen LogP contribution is 2.15. The lowest BCUT2D eigenvalue weighted by Crippen LogP contribution is -3.13. The second-order valence-electron chi connectivity index (χ2n) is 6.94. The van der Waals surface area contributed by atoms with Crippen molar-refractivity contribution in [3.63, 3.8) is 0 Å². The molecule has 0 unspecified atom stereocenters. The Labute approximate surface area is 164 Å². The number of piperazine rings is 1. The van der Waals surface area contributed by atoms with Gasteiger partial charge >= 0.3 is 0 Å². The van der Waals surface area contributed by atoms with E-state index in [4.69, 9.17) is 9.15 Å². The third-order valence-corrected chi connectivity index (χ3v) is 4.96. The minimum atomic E-state index is -0.0473. The zero-order chi connectivity index (χ0) is 19.2. The lowest BCUT2D eigenvalue weighted by Gasteiger charge is -2.31. The molecule has 0 spiro atoms. The van der Waals surface area contributed by atoms with Crippen LogP contribution in [-0.4, -0.2) is 42.0 Å². The monoisotopic (exact) mass is 378 g/mol. The Morgan fingerprint density at radius 1 is 1.04 bits per heavy atom. The zero-order valence-corrected chi connectivity index (χ0v) is 15.7. The van der Waals surface area contributed by atoms with Gasteiger partial charge in [-0.15, -0.1) is 0 Å². The first kappa shape index (κ1) is 18.3. The molecule has 0 atom stereocenters. The molecule has 1 saturated heterocycles. The number of para-hydroxylation sites is 1. The van der Waals surface area contributed by atoms with Crippen LogP contribution in [0.1, 0.15) is 21.9 Å². The number of pyridine rings is 1. The fourth-order valence-corrected chi connectivity index (χ4v) is 3.39. The molecule has 1 N–H and O–H groups in total. The molecule has 0 bridgehead atoms. The molecule has 144 valence electrons. The molecule has 2 aromatic heterocycles. The van der Waals surface area contributed by atoms with E-state index in [9.17, 15) is 4.79 Å². The van der Waals surface area contributed by atoms with Gasteiger partial charge in [-0.3, -0.25) is 9.78 Å². The van der Waals surface area contributed by atoms with Crippen molar-refractivity contribution in [3.8, 4) is 5.75 Å². The molecule has 0 saturated carbocycles. The number of aromatic nitrogens is 1. The van der Waals surface area contributed by atoms with E-state index < -0.39 is 0 Å². The maximum Gasteiger partial charge on any atom is 0.289 e. The molecular formula is C22H24N3O3+. The van der Waals surface area contributed by atoms with E-state index in [1.54, 1.807) is 12.1 Å². The van der Waals surface area contributed by atoms with Crippen LogP contribution in [0.2, 0.25) is 0 Å². The van der Waals surface area contributed by atoms with Crippen molar-refractivity contribution in [1.82, 2.24) is 9.88 Å². The summed E-state index contributed by atoms with van der Waals surface area (Å²) in [4.78, 5) is 20.1. The normalized spacial score (nSPS) is 14.8. The van der Waals surface area contributed by atoms with Crippen LogP contribution in [0, 0.1) is 0 Å². The van der Waals surface area contributed by atoms with Gasteiger partial charge < -0.3 is 19.0 Å². The third kappa shape index (κ3) is 4.58. The number of rotatable bonds is 6. The van der Waals surface area contributed by atoms with Gasteiger partial charge in [0.25, 0.3) is 5.91 Å². The van der Waals surface area contributed by atoms with Crippen LogP contribution in [0.25, 0.3) is 0 Å². The Balaban J connectivity index is 1.28. The number of benzene rings is 1. The largest absolute Gasteiger partial charge is 0.486 e. The second kappa shape index (κ2) is 8.71. The minimum absolute atomic E-state index is 0.0473. The molecule has 1 aliphatic rings. The van der Waals surface area contributed by atoms with Gasteiger partial charge in [0.1, 0.15) is 24.7 Å². The molecule has 6 heteroatoms. The van der Waals surface area contributed by atoms with Gasteiger partial charge in [0.05, 0.1) is 26.2 Å². The van der Waals surface area contributed by atoms with Crippen LogP contribution in [0.3, 0.4) is 0 Å². The number of carbonyl (C=O) groups excluding carboxylic acids is 1. The molecule has 3 heterocycles. The summed E-state index contributed by atoms with van der Waals surface area (Å²) in [5, 5.41) is 0. The van der Waals surface area contributed by atoms with Crippen LogP contribution in [0.15, 0.2) is 71.4 Å². The summed E-state index contributed by atoms with van der Waals surface area (Å²) in [7, 11) is 0. The molecule has 0 radical (unpaired) electrons. The van der Waals surface area contributed by atoms with E-state index in [1.807, 2.05) is 59.8 Å². The number of hydrogen-bond donors (Lipinski definition) is 1. The van der Waals surface area contributed by atoms with E-state index in [0.29, 0.717) is 18.1 Å². The Kier molecular flexibility index (Phi) is 5.68. The number of quaternary nitrogens is 1. The number of hydrogen-bond acceptors (Lipinski definition) is 4. The quantitative estimate of drug-likeness (QED) is 0.711. The zero-order valence-electron chi connectivity index (χ0n) is 15.7. The van der Waals surface area contributed by atoms with E-state index >= 15 is 0 Å². The fraction of sp³-hybridized carbons (Fsp3) is 0.273. The Morgan fingerprint density at radius 2 is 1.79 bits per heavy atom. The number of amides is 1. The fourth-order valence-electron chi connectivity index (χ4n) is 3.39. The van der Waals surface area contributed by atoms with Crippen molar-refractivity contribution in [2.45, 2.75) is 13.2 Å². The third-order valence-electron chi connectivity index (χ3n) is 4.96. The van der Waals surface area contributed by atoms with Gasteiger partial charge in [0, 0.05) is 18.0 Å². The van der Waals surface area contributed by atoms with E-state index in [0.717, 1.165) is 38.5 Å². The Hall–Kier alpha value is -3.12. The van der Waals surface area contributed by atoms with Crippen LogP contribution in [0.4, 0.5) is 0 Å². The van der Waals surface area contributed by atoms with E-state index in [1.165, 1.54) is 10.5 Å². The van der Waals surface area contributed by atoms with Crippen molar-refractivity contribution in [2.75, 3.05) is 26.2 Å². The number of furan rings is 1. The summed E-state index contributed by atoms with van der Waals surface area (Å²) in [6.45, 7) is 4.59. The predicted molar refractivity (Wildman–Crippen MR) is 104 cm³/mol. The van der Waals surface area contributed by atoms with Crippen LogP contribution in [0.5, 0.6) is 5.75 Å². The molecule has 1 aromatic carbocycles. The van der Waals surface area contributed by atoms with E-state index in [2.05, 4.69) is 4.98 Å². The summed E-state index contributed by atoms with van der Waals surface area (Å²) in [5.41, 5.74) is 1.28. The van der Waals surface area contributed by atoms with Crippen LogP contribution < -0.4 is 9.64 Å². The average molecular weight is 378 g/mol. The SMILES string of the molecule is O=C(c1ccc(COc2ccccc2)o1)N1CC[NH+](Cc2ccncc2)CC1. The molecule has 6 nitrogen and oxygen atoms in total. The first-order valence-corrected chi connectivity index (χ1v) is 9.56. The first-order valence-electron chi connectivity index (χ1n) is 9.56. The highest BCUT2D eigenvalue weighted by Gasteiger charge is 2.26. The second-order valence-corrected chi connectivity index (χ2v) is 6.94. The van der Waals surface area contributed by atoms with Gasteiger partial charge in [-0.2, -0.15) is 0 Å². The molecule has 1 amide bonds. The highest BCUT2D eigenvalue weighted by molar-refractivity contribution is 5.91. The van der Waals surface area contributed by atoms with Crippen LogP contribution in [-0.2, 0) is 13.2 Å². The maximum absolute atomic E-state index is 12.7. The number of ether oxygens (including phenoxy) is 1. The molecule has 1 aliphatic heterocycles. The minimum Gasteiger partial charge on any atom is -0.486 e.